The maximum atomic E-state index is 13.8. The fraction of sp³-hybridized carbons (Fsp3) is 0.379. The van der Waals surface area contributed by atoms with Crippen LogP contribution in [-0.2, 0) is 11.2 Å². The summed E-state index contributed by atoms with van der Waals surface area (Å²) in [5.74, 6) is 0.494. The zero-order valence-corrected chi connectivity index (χ0v) is 20.3. The molecule has 6 heteroatoms. The van der Waals surface area contributed by atoms with Crippen LogP contribution in [0.2, 0.25) is 0 Å². The van der Waals surface area contributed by atoms with Gasteiger partial charge in [-0.15, -0.1) is 0 Å². The number of furan rings is 1. The van der Waals surface area contributed by atoms with Crippen LogP contribution in [0.5, 0.6) is 5.75 Å². The predicted molar refractivity (Wildman–Crippen MR) is 135 cm³/mol. The van der Waals surface area contributed by atoms with E-state index in [4.69, 9.17) is 9.15 Å². The number of hydrogen-bond acceptors (Lipinski definition) is 4. The van der Waals surface area contributed by atoms with Crippen LogP contribution in [0.25, 0.3) is 0 Å². The summed E-state index contributed by atoms with van der Waals surface area (Å²) in [6.07, 6.45) is 7.47. The Morgan fingerprint density at radius 2 is 1.74 bits per heavy atom. The Hall–Kier alpha value is -3.54. The van der Waals surface area contributed by atoms with Crippen molar-refractivity contribution in [2.24, 2.45) is 0 Å². The molecule has 1 heterocycles. The molecule has 1 aliphatic carbocycles. The van der Waals surface area contributed by atoms with E-state index in [1.807, 2.05) is 61.5 Å². The minimum absolute atomic E-state index is 0.135. The number of nitrogens with zero attached hydrogens (tertiary/aromatic N) is 1. The summed E-state index contributed by atoms with van der Waals surface area (Å²) in [7, 11) is 0. The molecular weight excluding hydrogens is 440 g/mol. The molecule has 1 atom stereocenters. The number of carbonyl (C=O) groups is 2. The molecule has 0 bridgehead atoms. The number of ether oxygens (including phenoxy) is 1. The van der Waals surface area contributed by atoms with Crippen LogP contribution in [0.3, 0.4) is 0 Å². The molecule has 0 aliphatic heterocycles. The Morgan fingerprint density at radius 1 is 1.00 bits per heavy atom. The largest absolute Gasteiger partial charge is 0.494 e. The summed E-state index contributed by atoms with van der Waals surface area (Å²) in [5, 5.41) is 3.24. The highest BCUT2D eigenvalue weighted by molar-refractivity contribution is 5.96. The van der Waals surface area contributed by atoms with Gasteiger partial charge in [-0.05, 0) is 61.6 Å². The van der Waals surface area contributed by atoms with Gasteiger partial charge in [0.1, 0.15) is 11.8 Å². The highest BCUT2D eigenvalue weighted by atomic mass is 16.5. The van der Waals surface area contributed by atoms with Crippen LogP contribution in [0.1, 0.15) is 66.8 Å². The summed E-state index contributed by atoms with van der Waals surface area (Å²) in [6.45, 7) is 2.87. The Balaban J connectivity index is 1.66. The molecule has 3 aromatic rings. The fourth-order valence-electron chi connectivity index (χ4n) is 4.70. The van der Waals surface area contributed by atoms with Crippen molar-refractivity contribution < 1.29 is 18.7 Å². The van der Waals surface area contributed by atoms with Crippen LogP contribution < -0.4 is 10.1 Å². The van der Waals surface area contributed by atoms with Crippen molar-refractivity contribution in [3.05, 3.63) is 89.9 Å². The van der Waals surface area contributed by atoms with Gasteiger partial charge in [0, 0.05) is 12.6 Å². The second-order valence-corrected chi connectivity index (χ2v) is 8.96. The third-order valence-electron chi connectivity index (χ3n) is 6.50. The molecule has 35 heavy (non-hydrogen) atoms. The first-order valence-corrected chi connectivity index (χ1v) is 12.6. The number of benzene rings is 2. The second-order valence-electron chi connectivity index (χ2n) is 8.96. The third-order valence-corrected chi connectivity index (χ3v) is 6.50. The first-order chi connectivity index (χ1) is 17.2. The van der Waals surface area contributed by atoms with Crippen molar-refractivity contribution in [1.82, 2.24) is 10.2 Å². The average molecular weight is 475 g/mol. The topological polar surface area (TPSA) is 71.8 Å². The first-order valence-electron chi connectivity index (χ1n) is 12.6. The number of nitrogens with one attached hydrogen (secondary N) is 1. The Morgan fingerprint density at radius 3 is 2.40 bits per heavy atom. The molecule has 0 unspecified atom stereocenters. The third kappa shape index (κ3) is 6.53. The standard InChI is InChI=1S/C29H34N2O4/c1-2-34-25-17-15-23(16-18-25)27(28(32)30-24-12-7-4-8-13-24)31(29(33)26-14-9-21-35-26)20-19-22-10-5-3-6-11-22/h3,5-6,9-11,14-18,21,24,27H,2,4,7-8,12-13,19-20H2,1H3,(H,30,32)/t27-/m1/s1. The normalized spacial score (nSPS) is 14.8. The van der Waals surface area contributed by atoms with Gasteiger partial charge in [0.2, 0.25) is 5.91 Å². The fourth-order valence-corrected chi connectivity index (χ4v) is 4.70. The average Bonchev–Trinajstić information content (AvgIpc) is 3.43. The van der Waals surface area contributed by atoms with Crippen molar-refractivity contribution in [1.29, 1.82) is 0 Å². The molecule has 1 N–H and O–H groups in total. The summed E-state index contributed by atoms with van der Waals surface area (Å²) in [6, 6.07) is 20.1. The van der Waals surface area contributed by atoms with Gasteiger partial charge < -0.3 is 19.4 Å². The van der Waals surface area contributed by atoms with E-state index in [9.17, 15) is 9.59 Å². The lowest BCUT2D eigenvalue weighted by Gasteiger charge is -2.33. The lowest BCUT2D eigenvalue weighted by molar-refractivity contribution is -0.126. The monoisotopic (exact) mass is 474 g/mol. The summed E-state index contributed by atoms with van der Waals surface area (Å²) in [5.41, 5.74) is 1.85. The zero-order valence-electron chi connectivity index (χ0n) is 20.3. The SMILES string of the molecule is CCOc1ccc([C@H](C(=O)NC2CCCCC2)N(CCc2ccccc2)C(=O)c2ccco2)cc1. The second kappa shape index (κ2) is 12.2. The van der Waals surface area contributed by atoms with E-state index in [1.165, 1.54) is 12.7 Å². The van der Waals surface area contributed by atoms with Gasteiger partial charge in [-0.2, -0.15) is 0 Å². The molecule has 1 saturated carbocycles. The predicted octanol–water partition coefficient (Wildman–Crippen LogP) is 5.55. The van der Waals surface area contributed by atoms with E-state index >= 15 is 0 Å². The van der Waals surface area contributed by atoms with Gasteiger partial charge in [0.25, 0.3) is 5.91 Å². The number of carbonyl (C=O) groups excluding carboxylic acids is 2. The lowest BCUT2D eigenvalue weighted by atomic mass is 9.94. The maximum Gasteiger partial charge on any atom is 0.290 e. The van der Waals surface area contributed by atoms with Crippen LogP contribution in [0, 0.1) is 0 Å². The van der Waals surface area contributed by atoms with Crippen molar-refractivity contribution in [2.75, 3.05) is 13.2 Å². The van der Waals surface area contributed by atoms with Gasteiger partial charge in [-0.3, -0.25) is 9.59 Å². The molecular formula is C29H34N2O4. The van der Waals surface area contributed by atoms with Gasteiger partial charge >= 0.3 is 0 Å². The smallest absolute Gasteiger partial charge is 0.290 e. The highest BCUT2D eigenvalue weighted by Crippen LogP contribution is 2.27. The van der Waals surface area contributed by atoms with Crippen molar-refractivity contribution in [3.63, 3.8) is 0 Å². The molecule has 1 aromatic heterocycles. The minimum Gasteiger partial charge on any atom is -0.494 e. The summed E-state index contributed by atoms with van der Waals surface area (Å²) < 4.78 is 11.1. The van der Waals surface area contributed by atoms with Crippen LogP contribution in [0.4, 0.5) is 0 Å². The summed E-state index contributed by atoms with van der Waals surface area (Å²) >= 11 is 0. The van der Waals surface area contributed by atoms with Crippen molar-refractivity contribution in [2.45, 2.75) is 57.5 Å². The molecule has 0 saturated heterocycles. The molecule has 1 fully saturated rings. The number of amides is 2. The van der Waals surface area contributed by atoms with Gasteiger partial charge in [0.15, 0.2) is 5.76 Å². The quantitative estimate of drug-likeness (QED) is 0.418. The Kier molecular flexibility index (Phi) is 8.60. The molecule has 2 amide bonds. The molecule has 6 nitrogen and oxygen atoms in total. The molecule has 4 rings (SSSR count). The van der Waals surface area contributed by atoms with E-state index < -0.39 is 6.04 Å². The van der Waals surface area contributed by atoms with Gasteiger partial charge in [0.05, 0.1) is 12.9 Å². The highest BCUT2D eigenvalue weighted by Gasteiger charge is 2.34. The van der Waals surface area contributed by atoms with Crippen molar-refractivity contribution >= 4 is 11.8 Å². The van der Waals surface area contributed by atoms with E-state index in [1.54, 1.807) is 17.0 Å². The molecule has 0 radical (unpaired) electrons. The van der Waals surface area contributed by atoms with Crippen molar-refractivity contribution in [3.8, 4) is 5.75 Å². The Labute approximate surface area is 207 Å². The van der Waals surface area contributed by atoms with Crippen LogP contribution in [0.15, 0.2) is 77.4 Å². The lowest BCUT2D eigenvalue weighted by Crippen LogP contribution is -2.47. The minimum atomic E-state index is -0.783. The van der Waals surface area contributed by atoms with E-state index in [0.717, 1.165) is 42.6 Å². The van der Waals surface area contributed by atoms with Gasteiger partial charge in [-0.25, -0.2) is 0 Å². The summed E-state index contributed by atoms with van der Waals surface area (Å²) in [4.78, 5) is 29.1. The van der Waals surface area contributed by atoms with Crippen LogP contribution in [-0.4, -0.2) is 35.9 Å². The van der Waals surface area contributed by atoms with E-state index in [2.05, 4.69) is 5.32 Å². The maximum absolute atomic E-state index is 13.8. The first kappa shape index (κ1) is 24.6. The molecule has 0 spiro atoms. The molecule has 1 aliphatic rings. The van der Waals surface area contributed by atoms with Crippen LogP contribution >= 0.6 is 0 Å². The van der Waals surface area contributed by atoms with E-state index in [-0.39, 0.29) is 23.6 Å². The molecule has 184 valence electrons. The van der Waals surface area contributed by atoms with Gasteiger partial charge in [-0.1, -0.05) is 61.7 Å². The Bertz CT molecular complexity index is 1060. The number of rotatable bonds is 10. The number of hydrogen-bond donors (Lipinski definition) is 1. The zero-order chi connectivity index (χ0) is 24.5. The van der Waals surface area contributed by atoms with E-state index in [0.29, 0.717) is 19.6 Å². The molecule has 2 aromatic carbocycles.